The fraction of sp³-hybridized carbons (Fsp3) is 0. The van der Waals surface area contributed by atoms with Gasteiger partial charge in [0.05, 0.1) is 0 Å². The van der Waals surface area contributed by atoms with Crippen LogP contribution in [-0.4, -0.2) is 70.2 Å². The third-order valence-electron chi connectivity index (χ3n) is 0. The van der Waals surface area contributed by atoms with Gasteiger partial charge in [-0.1, -0.05) is 0 Å². The van der Waals surface area contributed by atoms with Crippen LogP contribution in [-0.2, 0) is 19.5 Å². The molecule has 0 unspecified atom stereocenters. The van der Waals surface area contributed by atoms with Crippen LogP contribution in [0.15, 0.2) is 0 Å². The summed E-state index contributed by atoms with van der Waals surface area (Å²) < 4.78 is 0. The van der Waals surface area contributed by atoms with E-state index < -0.39 is 0 Å². The fourth-order valence-corrected chi connectivity index (χ4v) is 0. The second kappa shape index (κ2) is 35.6. The summed E-state index contributed by atoms with van der Waals surface area (Å²) >= 11 is 0. The smallest absolute Gasteiger partial charge is 0.0149 e. The third kappa shape index (κ3) is 24.3. The molecule has 0 aromatic heterocycles. The van der Waals surface area contributed by atoms with Crippen molar-refractivity contribution in [1.82, 2.24) is 0 Å². The number of hydrogen-bond acceptors (Lipinski definition) is 0. The Morgan fingerprint density at radius 2 is 1.00 bits per heavy atom. The van der Waals surface area contributed by atoms with Crippen LogP contribution in [0.3, 0.4) is 0 Å². The standard InChI is InChI=1S/Al.Li.Mg.Ru.H4Si.Sm.6H/h;;;;1H4;;;;;;;. The average Bonchev–Trinajstić information content (AvgIpc) is 0. The van der Waals surface area contributed by atoms with E-state index in [9.17, 15) is 0 Å². The van der Waals surface area contributed by atoms with E-state index in [1.807, 2.05) is 0 Å². The van der Waals surface area contributed by atoms with Gasteiger partial charge in [0.1, 0.15) is 0 Å². The molecule has 0 N–H and O–H groups in total. The van der Waals surface area contributed by atoms with Crippen molar-refractivity contribution in [3.63, 3.8) is 0 Å². The summed E-state index contributed by atoms with van der Waals surface area (Å²) in [6, 6.07) is 0. The monoisotopic (exact) mass is 350 g/mol. The van der Waals surface area contributed by atoms with Crippen LogP contribution in [0.25, 0.3) is 0 Å². The van der Waals surface area contributed by atoms with Gasteiger partial charge in [-0.05, 0) is 11.0 Å². The molecule has 6 heteroatoms. The zero-order valence-electron chi connectivity index (χ0n) is 0.762. The molecule has 0 saturated carbocycles. The van der Waals surface area contributed by atoms with Gasteiger partial charge in [0.2, 0.25) is 0 Å². The minimum absolute atomic E-state index is 0. The predicted octanol–water partition coefficient (Wildman–Crippen LogP) is -4.20. The number of hydrogen-bond donors (Lipinski definition) is 0. The van der Waals surface area contributed by atoms with E-state index in [-0.39, 0.29) is 130 Å². The van der Waals surface area contributed by atoms with Crippen molar-refractivity contribution in [2.45, 2.75) is 0 Å². The summed E-state index contributed by atoms with van der Waals surface area (Å²) in [5, 5.41) is 0. The van der Waals surface area contributed by atoms with Crippen LogP contribution in [0.5, 0.6) is 0 Å². The Bertz CT molecular complexity index is 15.5. The van der Waals surface area contributed by atoms with E-state index in [1.54, 1.807) is 0 Å². The summed E-state index contributed by atoms with van der Waals surface area (Å²) in [4.78, 5) is 0. The first kappa shape index (κ1) is 50.0. The van der Waals surface area contributed by atoms with Gasteiger partial charge >= 0.3 is 41.9 Å². The molecular weight excluding hydrogens is 338 g/mol. The van der Waals surface area contributed by atoms with Crippen LogP contribution < -0.4 is 0 Å². The van der Waals surface area contributed by atoms with Gasteiger partial charge in [-0.3, -0.25) is 0 Å². The van der Waals surface area contributed by atoms with Crippen molar-refractivity contribution in [1.29, 1.82) is 0 Å². The maximum atomic E-state index is 0. The molecule has 0 saturated heterocycles. The van der Waals surface area contributed by atoms with Crippen molar-refractivity contribution < 1.29 is 59.9 Å². The molecule has 0 heterocycles. The molecule has 0 radical (unpaired) electrons. The van der Waals surface area contributed by atoms with Gasteiger partial charge in [-0.15, -0.1) is 0 Å². The molecular formula is H10AlLiMgRuSiSm. The third-order valence-corrected chi connectivity index (χ3v) is 0. The Balaban J connectivity index is 0. The Morgan fingerprint density at radius 1 is 1.00 bits per heavy atom. The van der Waals surface area contributed by atoms with Crippen LogP contribution in [0.4, 0.5) is 0 Å². The Labute approximate surface area is 127 Å². The van der Waals surface area contributed by atoms with Crippen molar-refractivity contribution in [2.75, 3.05) is 0 Å². The molecule has 0 bridgehead atoms. The molecule has 0 spiro atoms. The van der Waals surface area contributed by atoms with Gasteiger partial charge in [-0.2, -0.15) is 0 Å². The Morgan fingerprint density at radius 3 is 1.00 bits per heavy atom. The Kier molecular flexibility index (Phi) is 297. The molecule has 0 aromatic carbocycles. The van der Waals surface area contributed by atoms with E-state index in [4.69, 9.17) is 0 Å². The van der Waals surface area contributed by atoms with E-state index >= 15 is 0 Å². The molecule has 0 fully saturated rings. The molecule has 34 valence electrons. The molecule has 0 aliphatic heterocycles. The van der Waals surface area contributed by atoms with Gasteiger partial charge < -0.3 is 0 Å². The molecule has 0 aromatic rings. The van der Waals surface area contributed by atoms with Crippen LogP contribution >= 0.6 is 0 Å². The first-order valence-corrected chi connectivity index (χ1v) is 0. The van der Waals surface area contributed by atoms with Crippen LogP contribution in [0, 0.1) is 40.4 Å². The molecule has 0 atom stereocenters. The van der Waals surface area contributed by atoms with Gasteiger partial charge in [0.25, 0.3) is 0 Å². The zero-order chi connectivity index (χ0) is 0. The van der Waals surface area contributed by atoms with Gasteiger partial charge in [-0.25, -0.2) is 0 Å². The maximum Gasteiger partial charge on any atom is 0.316 e. The van der Waals surface area contributed by atoms with Crippen LogP contribution in [0.2, 0.25) is 0 Å². The second-order valence-corrected chi connectivity index (χ2v) is 0. The normalized spacial score (nSPS) is 0. The molecule has 0 nitrogen and oxygen atoms in total. The van der Waals surface area contributed by atoms with Crippen LogP contribution in [0.1, 0.15) is 0 Å². The maximum absolute atomic E-state index is 0. The van der Waals surface area contributed by atoms with E-state index in [2.05, 4.69) is 0 Å². The zero-order valence-corrected chi connectivity index (χ0v) is 5.12. The second-order valence-electron chi connectivity index (χ2n) is 0. The molecule has 0 aliphatic carbocycles. The summed E-state index contributed by atoms with van der Waals surface area (Å²) in [7, 11) is 0. The topological polar surface area (TPSA) is 0 Å². The quantitative estimate of drug-likeness (QED) is 0.390. The fourth-order valence-electron chi connectivity index (χ4n) is 0. The minimum atomic E-state index is 0. The SMILES string of the molecule is [AlH3].[LiH].[MgH2].[Ru].[SiH4].[Sm]. The Hall–Kier alpha value is 4.07. The molecule has 0 rings (SSSR count). The molecule has 0 amide bonds. The largest absolute Gasteiger partial charge is 0.316 e. The predicted molar refractivity (Wildman–Crippen MR) is 37.0 cm³/mol. The summed E-state index contributed by atoms with van der Waals surface area (Å²) in [6.07, 6.45) is 0. The van der Waals surface area contributed by atoms with Gasteiger partial charge in [0, 0.05) is 59.9 Å². The van der Waals surface area contributed by atoms with Gasteiger partial charge in [0.15, 0.2) is 17.4 Å². The van der Waals surface area contributed by atoms with E-state index in [0.29, 0.717) is 0 Å². The molecule has 6 heavy (non-hydrogen) atoms. The first-order valence-electron chi connectivity index (χ1n) is 0. The van der Waals surface area contributed by atoms with E-state index in [0.717, 1.165) is 0 Å². The summed E-state index contributed by atoms with van der Waals surface area (Å²) in [5.74, 6) is 0. The summed E-state index contributed by atoms with van der Waals surface area (Å²) in [6.45, 7) is 0. The average molecular weight is 348 g/mol. The number of rotatable bonds is 0. The van der Waals surface area contributed by atoms with Crippen molar-refractivity contribution in [3.05, 3.63) is 0 Å². The summed E-state index contributed by atoms with van der Waals surface area (Å²) in [5.41, 5.74) is 0. The van der Waals surface area contributed by atoms with Crippen molar-refractivity contribution in [2.24, 2.45) is 0 Å². The molecule has 0 aliphatic rings. The minimum Gasteiger partial charge on any atom is -0.0149 e. The van der Waals surface area contributed by atoms with E-state index in [1.165, 1.54) is 0 Å². The first-order chi connectivity index (χ1) is 0. The van der Waals surface area contributed by atoms with Crippen molar-refractivity contribution in [3.8, 4) is 0 Å². The van der Waals surface area contributed by atoms with Crippen molar-refractivity contribution >= 4 is 70.2 Å².